The molecular weight excluding hydrogens is 1680 g/mol. The standard InChI is InChI=1S/C47H81N9O20.C14H24N2O8.C9H6O6.C5H9NO4/c57-36(2-1-18-51(23-7-40(61)62)24-8-41(63)64)3-19-55(20-4-37(58)48-15-31-52(25-9-42(65)66)26-10-43(67)68)34-35-56(21-5-38(59)49-16-32-53(27-11-44(69)70)28-12-45(71)72)22-6-39(60)50-17-33-54(29-13-46(73)74)30-14-47(75)76;17-11(18)1-5-15(6-2-12(19)20)9-10-16(7-3-13(21)22)8-4-14(23)24;10-7(11)4-1-5(8(12)13)3-6(2-4)9(14)15;6-3(5(9)10)1-2-4(7)8/h1-35H2,(H,48,58)(H,49,59)(H,50,60)(H,61,62)(H,63,64)(H,65,66)(H,67,68)(H,69,70)(H,71,72)(H,73,74)(H,75,76);1-10H2,(H,17,18)(H,19,20)(H,21,22)(H,23,24);1-3H,(H,10,11)(H,12,13)(H,14,15);3H,1-2,6H2,(H,7,8)(H,9,10)/t;;;3-/m...0/s1. The number of carbonyl (C=O) groups excluding carboxylic acids is 4. The number of rotatable bonds is 74. The molecule has 1 atom stereocenters. The van der Waals surface area contributed by atoms with Crippen molar-refractivity contribution in [1.29, 1.82) is 0 Å². The summed E-state index contributed by atoms with van der Waals surface area (Å²) < 4.78 is 0. The molecule has 50 heteroatoms. The molecule has 22 N–H and O–H groups in total. The van der Waals surface area contributed by atoms with Crippen molar-refractivity contribution in [2.24, 2.45) is 5.73 Å². The van der Waals surface area contributed by atoms with Gasteiger partial charge >= 0.3 is 101 Å². The summed E-state index contributed by atoms with van der Waals surface area (Å²) in [6.07, 6.45) is -2.39. The maximum absolute atomic E-state index is 13.2. The predicted octanol–water partition coefficient (Wildman–Crippen LogP) is -2.61. The minimum absolute atomic E-state index is 0.0231. The van der Waals surface area contributed by atoms with Gasteiger partial charge in [-0.3, -0.25) is 86.3 Å². The lowest BCUT2D eigenvalue weighted by Gasteiger charge is -2.28. The summed E-state index contributed by atoms with van der Waals surface area (Å²) in [4.78, 5) is 249. The quantitative estimate of drug-likeness (QED) is 0.0318. The second-order valence-corrected chi connectivity index (χ2v) is 27.7. The first-order valence-corrected chi connectivity index (χ1v) is 39.4. The first kappa shape index (κ1) is 117. The van der Waals surface area contributed by atoms with Gasteiger partial charge in [-0.25, -0.2) is 14.4 Å². The number of carboxylic acids is 17. The molecular formula is C75H120N12O38. The van der Waals surface area contributed by atoms with Crippen LogP contribution < -0.4 is 21.7 Å². The Morgan fingerprint density at radius 2 is 0.400 bits per heavy atom. The van der Waals surface area contributed by atoms with Crippen LogP contribution in [0.15, 0.2) is 18.2 Å². The van der Waals surface area contributed by atoms with Crippen molar-refractivity contribution in [1.82, 2.24) is 55.1 Å². The second kappa shape index (κ2) is 70.3. The maximum Gasteiger partial charge on any atom is 0.335 e. The Morgan fingerprint density at radius 1 is 0.224 bits per heavy atom. The summed E-state index contributed by atoms with van der Waals surface area (Å²) in [5.41, 5.74) is 3.90. The van der Waals surface area contributed by atoms with Gasteiger partial charge in [-0.05, 0) is 37.6 Å². The van der Waals surface area contributed by atoms with Crippen LogP contribution >= 0.6 is 0 Å². The van der Waals surface area contributed by atoms with Crippen molar-refractivity contribution >= 4 is 125 Å². The predicted molar refractivity (Wildman–Crippen MR) is 430 cm³/mol. The number of nitrogens with one attached hydrogen (secondary N) is 3. The van der Waals surface area contributed by atoms with Gasteiger partial charge in [0, 0.05) is 209 Å². The van der Waals surface area contributed by atoms with Crippen molar-refractivity contribution < 1.29 is 187 Å². The Morgan fingerprint density at radius 3 is 0.584 bits per heavy atom. The van der Waals surface area contributed by atoms with Crippen molar-refractivity contribution in [3.05, 3.63) is 34.9 Å². The van der Waals surface area contributed by atoms with E-state index >= 15 is 0 Å². The van der Waals surface area contributed by atoms with E-state index in [1.165, 1.54) is 0 Å². The number of nitrogens with zero attached hydrogens (tertiary/aromatic N) is 8. The fraction of sp³-hybridized carbons (Fsp3) is 0.640. The average Bonchev–Trinajstić information content (AvgIpc) is 0.838. The van der Waals surface area contributed by atoms with E-state index in [2.05, 4.69) is 16.0 Å². The lowest BCUT2D eigenvalue weighted by Crippen LogP contribution is -2.42. The van der Waals surface area contributed by atoms with Crippen molar-refractivity contribution in [2.45, 2.75) is 134 Å². The van der Waals surface area contributed by atoms with Crippen molar-refractivity contribution in [3.8, 4) is 0 Å². The molecule has 0 saturated carbocycles. The fourth-order valence-electron chi connectivity index (χ4n) is 10.7. The summed E-state index contributed by atoms with van der Waals surface area (Å²) in [5, 5.41) is 158. The van der Waals surface area contributed by atoms with E-state index in [1.807, 2.05) is 9.80 Å². The summed E-state index contributed by atoms with van der Waals surface area (Å²) >= 11 is 0. The number of aliphatic carboxylic acids is 14. The van der Waals surface area contributed by atoms with Gasteiger partial charge in [0.2, 0.25) is 17.7 Å². The number of nitrogens with two attached hydrogens (primary N) is 1. The molecule has 1 aromatic rings. The van der Waals surface area contributed by atoms with Gasteiger partial charge in [0.25, 0.3) is 0 Å². The van der Waals surface area contributed by atoms with Crippen LogP contribution in [0.2, 0.25) is 0 Å². The number of Topliss-reactive ketones (excluding diaryl/α,β-unsaturated/α-hetero) is 1. The number of amides is 3. The molecule has 0 bridgehead atoms. The molecule has 3 amide bonds. The molecule has 0 aliphatic rings. The van der Waals surface area contributed by atoms with Crippen LogP contribution in [0.3, 0.4) is 0 Å². The van der Waals surface area contributed by atoms with Crippen molar-refractivity contribution in [3.63, 3.8) is 0 Å². The van der Waals surface area contributed by atoms with E-state index in [0.717, 1.165) is 18.2 Å². The van der Waals surface area contributed by atoms with Crippen LogP contribution in [0.25, 0.3) is 0 Å². The molecule has 0 fully saturated rings. The normalized spacial score (nSPS) is 11.1. The molecule has 1 aromatic carbocycles. The molecule has 708 valence electrons. The molecule has 0 saturated heterocycles. The van der Waals surface area contributed by atoms with Gasteiger partial charge in [-0.2, -0.15) is 0 Å². The van der Waals surface area contributed by atoms with Gasteiger partial charge in [-0.15, -0.1) is 0 Å². The fourth-order valence-corrected chi connectivity index (χ4v) is 10.7. The van der Waals surface area contributed by atoms with E-state index in [-0.39, 0.29) is 308 Å². The Kier molecular flexibility index (Phi) is 65.9. The molecule has 0 aromatic heterocycles. The molecule has 0 radical (unpaired) electrons. The number of ketones is 1. The maximum atomic E-state index is 13.2. The second-order valence-electron chi connectivity index (χ2n) is 27.7. The number of hydrogen-bond acceptors (Lipinski definition) is 30. The van der Waals surface area contributed by atoms with Gasteiger partial charge < -0.3 is 148 Å². The van der Waals surface area contributed by atoms with Crippen LogP contribution in [-0.4, -0.2) is 434 Å². The third-order valence-corrected chi connectivity index (χ3v) is 17.7. The molecule has 0 aliphatic carbocycles. The zero-order chi connectivity index (χ0) is 95.5. The third kappa shape index (κ3) is 74.3. The minimum Gasteiger partial charge on any atom is -0.481 e. The molecule has 1 rings (SSSR count). The monoisotopic (exact) mass is 1800 g/mol. The number of carboxylic acid groups (broad SMARTS) is 17. The SMILES string of the molecule is N[C@@H](CCC(=O)O)C(=O)O.O=C(O)CCN(CCC(=O)O)CCN(CCC(=O)O)CCC(=O)O.O=C(O)CCN(CCCC(=O)CCN(CCC(=O)NCCN(CCC(=O)O)CCC(=O)O)CCN(CCC(=O)NCCN(CCC(=O)O)CCC(=O)O)CCC(=O)NCCN(CCC(=O)O)CCC(=O)O)CCC(=O)O.O=C(O)c1cc(C(=O)O)cc(C(=O)O)c1. The van der Waals surface area contributed by atoms with E-state index in [9.17, 15) is 101 Å². The first-order valence-electron chi connectivity index (χ1n) is 39.4. The van der Waals surface area contributed by atoms with E-state index in [4.69, 9.17) is 92.5 Å². The molecule has 50 nitrogen and oxygen atoms in total. The van der Waals surface area contributed by atoms with Gasteiger partial charge in [0.05, 0.1) is 93.7 Å². The number of hydrogen-bond donors (Lipinski definition) is 21. The Bertz CT molecular complexity index is 3150. The summed E-state index contributed by atoms with van der Waals surface area (Å²) in [7, 11) is 0. The van der Waals surface area contributed by atoms with Crippen LogP contribution in [0.1, 0.15) is 159 Å². The zero-order valence-electron chi connectivity index (χ0n) is 69.4. The van der Waals surface area contributed by atoms with Crippen molar-refractivity contribution in [2.75, 3.05) is 177 Å². The highest BCUT2D eigenvalue weighted by molar-refractivity contribution is 5.99. The third-order valence-electron chi connectivity index (χ3n) is 17.7. The number of carbonyl (C=O) groups is 21. The highest BCUT2D eigenvalue weighted by atomic mass is 16.4. The molecule has 0 heterocycles. The van der Waals surface area contributed by atoms with E-state index in [0.29, 0.717) is 19.5 Å². The van der Waals surface area contributed by atoms with Crippen LogP contribution in [0.5, 0.6) is 0 Å². The lowest BCUT2D eigenvalue weighted by atomic mass is 10.1. The smallest absolute Gasteiger partial charge is 0.335 e. The van der Waals surface area contributed by atoms with Gasteiger partial charge in [-0.1, -0.05) is 0 Å². The Balaban J connectivity index is -0.00000241. The molecule has 0 unspecified atom stereocenters. The number of aromatic carboxylic acids is 3. The Hall–Kier alpha value is -12.1. The van der Waals surface area contributed by atoms with Crippen LogP contribution in [-0.2, 0) is 86.3 Å². The van der Waals surface area contributed by atoms with E-state index in [1.54, 1.807) is 29.4 Å². The molecule has 0 spiro atoms. The highest BCUT2D eigenvalue weighted by Crippen LogP contribution is 2.13. The highest BCUT2D eigenvalue weighted by Gasteiger charge is 2.22. The summed E-state index contributed by atoms with van der Waals surface area (Å²) in [5.74, 6) is -20.2. The first-order chi connectivity index (χ1) is 58.6. The van der Waals surface area contributed by atoms with Gasteiger partial charge in [0.15, 0.2) is 0 Å². The summed E-state index contributed by atoms with van der Waals surface area (Å²) in [6.45, 7) is 3.92. The molecule has 0 aliphatic heterocycles. The minimum atomic E-state index is -1.37. The van der Waals surface area contributed by atoms with Crippen LogP contribution in [0.4, 0.5) is 0 Å². The lowest BCUT2D eigenvalue weighted by molar-refractivity contribution is -0.141. The Labute approximate surface area is 717 Å². The zero-order valence-corrected chi connectivity index (χ0v) is 69.4. The molecule has 125 heavy (non-hydrogen) atoms. The van der Waals surface area contributed by atoms with E-state index < -0.39 is 125 Å². The number of benzene rings is 1. The average molecular weight is 1800 g/mol. The topological polar surface area (TPSA) is 790 Å². The van der Waals surface area contributed by atoms with Crippen LogP contribution in [0, 0.1) is 0 Å². The van der Waals surface area contributed by atoms with Gasteiger partial charge in [0.1, 0.15) is 11.8 Å². The largest absolute Gasteiger partial charge is 0.481 e. The summed E-state index contributed by atoms with van der Waals surface area (Å²) in [6, 6.07) is 1.64.